The minimum atomic E-state index is -0.931. The Bertz CT molecular complexity index is 479. The third-order valence-corrected chi connectivity index (χ3v) is 1.91. The Balaban J connectivity index is 2.06. The molecule has 0 aliphatic carbocycles. The van der Waals surface area contributed by atoms with Gasteiger partial charge in [0.15, 0.2) is 0 Å². The molecule has 0 saturated carbocycles. The number of para-hydroxylation sites is 1. The lowest BCUT2D eigenvalue weighted by Gasteiger charge is -1.99. The Hall–Kier alpha value is -2.30. The molecule has 2 aromatic rings. The molecule has 5 heteroatoms. The normalized spacial score (nSPS) is 10.0. The number of rotatable bonds is 4. The van der Waals surface area contributed by atoms with Crippen molar-refractivity contribution in [1.82, 2.24) is 4.98 Å². The van der Waals surface area contributed by atoms with Crippen LogP contribution in [0, 0.1) is 0 Å². The summed E-state index contributed by atoms with van der Waals surface area (Å²) in [4.78, 5) is 14.4. The lowest BCUT2D eigenvalue weighted by molar-refractivity contribution is -0.136. The number of carboxylic acid groups (broad SMARTS) is 1. The van der Waals surface area contributed by atoms with Crippen LogP contribution in [-0.2, 0) is 11.2 Å². The largest absolute Gasteiger partial charge is 0.481 e. The predicted molar refractivity (Wildman–Crippen MR) is 57.6 cm³/mol. The average molecular weight is 218 g/mol. The number of benzene rings is 1. The van der Waals surface area contributed by atoms with Crippen LogP contribution >= 0.6 is 0 Å². The highest BCUT2D eigenvalue weighted by Gasteiger charge is 2.07. The zero-order valence-corrected chi connectivity index (χ0v) is 8.38. The number of aromatic nitrogens is 1. The molecular formula is C11H10N2O3. The maximum atomic E-state index is 10.4. The van der Waals surface area contributed by atoms with Gasteiger partial charge in [-0.25, -0.2) is 0 Å². The fourth-order valence-electron chi connectivity index (χ4n) is 1.25. The molecule has 1 heterocycles. The third kappa shape index (κ3) is 2.60. The summed E-state index contributed by atoms with van der Waals surface area (Å²) in [5.41, 5.74) is 1.23. The first kappa shape index (κ1) is 10.2. The van der Waals surface area contributed by atoms with Crippen molar-refractivity contribution < 1.29 is 14.3 Å². The predicted octanol–water partition coefficient (Wildman–Crippen LogP) is 2.05. The van der Waals surface area contributed by atoms with Gasteiger partial charge in [-0.05, 0) is 12.1 Å². The van der Waals surface area contributed by atoms with Crippen LogP contribution in [0.3, 0.4) is 0 Å². The number of hydrogen-bond donors (Lipinski definition) is 2. The van der Waals surface area contributed by atoms with E-state index >= 15 is 0 Å². The van der Waals surface area contributed by atoms with Crippen molar-refractivity contribution in [2.45, 2.75) is 6.42 Å². The molecule has 82 valence electrons. The second kappa shape index (κ2) is 4.48. The number of hydrogen-bond acceptors (Lipinski definition) is 4. The fraction of sp³-hybridized carbons (Fsp3) is 0.0909. The number of carboxylic acids is 1. The Labute approximate surface area is 91.7 Å². The number of carbonyl (C=O) groups is 1. The molecule has 5 nitrogen and oxygen atoms in total. The Morgan fingerprint density at radius 3 is 2.81 bits per heavy atom. The molecule has 2 N–H and O–H groups in total. The summed E-state index contributed by atoms with van der Waals surface area (Å²) >= 11 is 0. The fourth-order valence-corrected chi connectivity index (χ4v) is 1.25. The molecule has 0 saturated heterocycles. The Kier molecular flexibility index (Phi) is 2.86. The van der Waals surface area contributed by atoms with Crippen molar-refractivity contribution in [1.29, 1.82) is 0 Å². The molecule has 0 fully saturated rings. The molecule has 2 rings (SSSR count). The van der Waals surface area contributed by atoms with Crippen LogP contribution in [-0.4, -0.2) is 16.1 Å². The van der Waals surface area contributed by atoms with Gasteiger partial charge in [-0.2, -0.15) is 4.98 Å². The van der Waals surface area contributed by atoms with Crippen LogP contribution < -0.4 is 5.32 Å². The van der Waals surface area contributed by atoms with Gasteiger partial charge in [0.25, 0.3) is 6.01 Å². The highest BCUT2D eigenvalue weighted by molar-refractivity contribution is 5.69. The number of anilines is 2. The first-order valence-electron chi connectivity index (χ1n) is 4.72. The second-order valence-electron chi connectivity index (χ2n) is 3.21. The van der Waals surface area contributed by atoms with Gasteiger partial charge < -0.3 is 14.8 Å². The van der Waals surface area contributed by atoms with Crippen LogP contribution in [0.4, 0.5) is 11.7 Å². The van der Waals surface area contributed by atoms with Crippen molar-refractivity contribution in [3.05, 3.63) is 42.3 Å². The topological polar surface area (TPSA) is 75.4 Å². The summed E-state index contributed by atoms with van der Waals surface area (Å²) in [6, 6.07) is 9.67. The smallest absolute Gasteiger partial charge is 0.309 e. The van der Waals surface area contributed by atoms with Crippen LogP contribution in [0.25, 0.3) is 0 Å². The molecular weight excluding hydrogens is 208 g/mol. The number of aliphatic carboxylic acids is 1. The zero-order chi connectivity index (χ0) is 11.4. The van der Waals surface area contributed by atoms with Gasteiger partial charge in [-0.1, -0.05) is 18.2 Å². The highest BCUT2D eigenvalue weighted by Crippen LogP contribution is 2.15. The Morgan fingerprint density at radius 2 is 2.12 bits per heavy atom. The number of nitrogens with zero attached hydrogens (tertiary/aromatic N) is 1. The monoisotopic (exact) mass is 218 g/mol. The molecule has 0 unspecified atom stereocenters. The van der Waals surface area contributed by atoms with E-state index < -0.39 is 5.97 Å². The van der Waals surface area contributed by atoms with E-state index in [9.17, 15) is 4.79 Å². The van der Waals surface area contributed by atoms with E-state index in [-0.39, 0.29) is 6.42 Å². The van der Waals surface area contributed by atoms with Gasteiger partial charge in [0.1, 0.15) is 6.26 Å². The lowest BCUT2D eigenvalue weighted by Crippen LogP contribution is -2.00. The van der Waals surface area contributed by atoms with Gasteiger partial charge in [-0.15, -0.1) is 0 Å². The minimum Gasteiger partial charge on any atom is -0.481 e. The molecule has 1 aromatic heterocycles. The third-order valence-electron chi connectivity index (χ3n) is 1.91. The van der Waals surface area contributed by atoms with Crippen LogP contribution in [0.15, 0.2) is 41.0 Å². The molecule has 0 atom stereocenters. The second-order valence-corrected chi connectivity index (χ2v) is 3.21. The van der Waals surface area contributed by atoms with Crippen molar-refractivity contribution in [3.63, 3.8) is 0 Å². The van der Waals surface area contributed by atoms with E-state index in [1.54, 1.807) is 0 Å². The highest BCUT2D eigenvalue weighted by atomic mass is 16.4. The maximum Gasteiger partial charge on any atom is 0.309 e. The van der Waals surface area contributed by atoms with E-state index in [4.69, 9.17) is 9.52 Å². The van der Waals surface area contributed by atoms with E-state index in [1.165, 1.54) is 6.26 Å². The molecule has 0 bridgehead atoms. The molecule has 0 radical (unpaired) electrons. The molecule has 16 heavy (non-hydrogen) atoms. The maximum absolute atomic E-state index is 10.4. The van der Waals surface area contributed by atoms with Crippen LogP contribution in [0.1, 0.15) is 5.69 Å². The van der Waals surface area contributed by atoms with Gasteiger partial charge in [-0.3, -0.25) is 4.79 Å². The lowest BCUT2D eigenvalue weighted by atomic mass is 10.3. The zero-order valence-electron chi connectivity index (χ0n) is 8.38. The summed E-state index contributed by atoms with van der Waals surface area (Å²) in [6.07, 6.45) is 1.19. The first-order valence-corrected chi connectivity index (χ1v) is 4.72. The first-order chi connectivity index (χ1) is 7.74. The van der Waals surface area contributed by atoms with Gasteiger partial charge >= 0.3 is 5.97 Å². The van der Waals surface area contributed by atoms with Crippen molar-refractivity contribution in [2.24, 2.45) is 0 Å². The average Bonchev–Trinajstić information content (AvgIpc) is 2.66. The van der Waals surface area contributed by atoms with E-state index in [0.717, 1.165) is 5.69 Å². The standard InChI is InChI=1S/C11H10N2O3/c14-10(15)6-9-7-16-11(13-9)12-8-4-2-1-3-5-8/h1-5,7H,6H2,(H,12,13)(H,14,15). The quantitative estimate of drug-likeness (QED) is 0.821. The summed E-state index contributed by atoms with van der Waals surface area (Å²) in [5, 5.41) is 11.5. The van der Waals surface area contributed by atoms with E-state index in [1.807, 2.05) is 30.3 Å². The summed E-state index contributed by atoms with van der Waals surface area (Å²) in [7, 11) is 0. The summed E-state index contributed by atoms with van der Waals surface area (Å²) in [6.45, 7) is 0. The van der Waals surface area contributed by atoms with Crippen molar-refractivity contribution in [2.75, 3.05) is 5.32 Å². The number of nitrogens with one attached hydrogen (secondary N) is 1. The summed E-state index contributed by atoms with van der Waals surface area (Å²) in [5.74, 6) is -0.931. The van der Waals surface area contributed by atoms with Gasteiger partial charge in [0.2, 0.25) is 0 Å². The van der Waals surface area contributed by atoms with E-state index in [2.05, 4.69) is 10.3 Å². The molecule has 0 amide bonds. The summed E-state index contributed by atoms with van der Waals surface area (Å²) < 4.78 is 5.08. The molecule has 0 spiro atoms. The van der Waals surface area contributed by atoms with Gasteiger partial charge in [0, 0.05) is 5.69 Å². The van der Waals surface area contributed by atoms with Gasteiger partial charge in [0.05, 0.1) is 12.1 Å². The van der Waals surface area contributed by atoms with Crippen molar-refractivity contribution in [3.8, 4) is 0 Å². The molecule has 0 aliphatic heterocycles. The molecule has 1 aromatic carbocycles. The van der Waals surface area contributed by atoms with Crippen LogP contribution in [0.2, 0.25) is 0 Å². The Morgan fingerprint density at radius 1 is 1.38 bits per heavy atom. The number of oxazole rings is 1. The molecule has 0 aliphatic rings. The SMILES string of the molecule is O=C(O)Cc1coc(Nc2ccccc2)n1. The minimum absolute atomic E-state index is 0.139. The van der Waals surface area contributed by atoms with Crippen molar-refractivity contribution >= 4 is 17.7 Å². The van der Waals surface area contributed by atoms with Crippen LogP contribution in [0.5, 0.6) is 0 Å². The van der Waals surface area contributed by atoms with E-state index in [0.29, 0.717) is 11.7 Å².